The molecule has 21 heavy (non-hydrogen) atoms. The molecule has 0 radical (unpaired) electrons. The van der Waals surface area contributed by atoms with Crippen molar-refractivity contribution in [3.05, 3.63) is 35.1 Å². The van der Waals surface area contributed by atoms with Crippen LogP contribution in [0, 0.1) is 22.6 Å². The summed E-state index contributed by atoms with van der Waals surface area (Å²) in [5.41, 5.74) is -3.22. The van der Waals surface area contributed by atoms with Gasteiger partial charge in [-0.25, -0.2) is 4.39 Å². The first-order valence-corrected chi connectivity index (χ1v) is 6.34. The molecule has 1 heterocycles. The van der Waals surface area contributed by atoms with E-state index in [4.69, 9.17) is 4.74 Å². The first-order valence-electron chi connectivity index (χ1n) is 6.34. The molecular formula is C14H13F4NO2. The van der Waals surface area contributed by atoms with Crippen molar-refractivity contribution in [3.63, 3.8) is 0 Å². The largest absolute Gasteiger partial charge is 0.416 e. The molecule has 1 fully saturated rings. The van der Waals surface area contributed by atoms with Crippen molar-refractivity contribution in [3.8, 4) is 6.07 Å². The third kappa shape index (κ3) is 3.01. The molecule has 114 valence electrons. The average Bonchev–Trinajstić information content (AvgIpc) is 2.46. The number of aliphatic hydroxyl groups excluding tert-OH is 1. The molecule has 1 saturated heterocycles. The number of nitriles is 1. The van der Waals surface area contributed by atoms with E-state index in [0.29, 0.717) is 19.1 Å². The summed E-state index contributed by atoms with van der Waals surface area (Å²) in [5.74, 6) is -1.05. The van der Waals surface area contributed by atoms with E-state index in [2.05, 4.69) is 0 Å². The fourth-order valence-electron chi connectivity index (χ4n) is 2.49. The smallest absolute Gasteiger partial charge is 0.387 e. The summed E-state index contributed by atoms with van der Waals surface area (Å²) >= 11 is 0. The van der Waals surface area contributed by atoms with Crippen LogP contribution < -0.4 is 0 Å². The van der Waals surface area contributed by atoms with E-state index >= 15 is 0 Å². The lowest BCUT2D eigenvalue weighted by molar-refractivity contribution is -0.141. The molecule has 2 atom stereocenters. The van der Waals surface area contributed by atoms with Crippen LogP contribution in [0.5, 0.6) is 0 Å². The Morgan fingerprint density at radius 1 is 1.38 bits per heavy atom. The number of nitrogens with zero attached hydrogens (tertiary/aromatic N) is 1. The standard InChI is InChI=1S/C14H13F4NO2/c15-9-2-3-10(11(6-9)14(16,17)18)12(20)13(7-19)4-1-5-21-8-13/h2-3,6,12,20H,1,4-5,8H2. The van der Waals surface area contributed by atoms with Gasteiger partial charge in [0, 0.05) is 6.61 Å². The monoisotopic (exact) mass is 303 g/mol. The van der Waals surface area contributed by atoms with Crippen molar-refractivity contribution in [1.29, 1.82) is 5.26 Å². The fraction of sp³-hybridized carbons (Fsp3) is 0.500. The highest BCUT2D eigenvalue weighted by atomic mass is 19.4. The van der Waals surface area contributed by atoms with E-state index in [1.54, 1.807) is 0 Å². The van der Waals surface area contributed by atoms with Crippen LogP contribution in [-0.2, 0) is 10.9 Å². The molecular weight excluding hydrogens is 290 g/mol. The molecule has 2 rings (SSSR count). The van der Waals surface area contributed by atoms with Gasteiger partial charge in [-0.1, -0.05) is 6.07 Å². The van der Waals surface area contributed by atoms with Crippen molar-refractivity contribution in [2.24, 2.45) is 5.41 Å². The highest BCUT2D eigenvalue weighted by Gasteiger charge is 2.45. The highest BCUT2D eigenvalue weighted by molar-refractivity contribution is 5.35. The lowest BCUT2D eigenvalue weighted by Gasteiger charge is -2.35. The summed E-state index contributed by atoms with van der Waals surface area (Å²) in [4.78, 5) is 0. The Bertz CT molecular complexity index is 559. The summed E-state index contributed by atoms with van der Waals surface area (Å²) < 4.78 is 57.2. The van der Waals surface area contributed by atoms with Crippen LogP contribution in [0.15, 0.2) is 18.2 Å². The van der Waals surface area contributed by atoms with Gasteiger partial charge in [0.2, 0.25) is 0 Å². The quantitative estimate of drug-likeness (QED) is 0.854. The minimum atomic E-state index is -4.81. The predicted molar refractivity (Wildman–Crippen MR) is 64.5 cm³/mol. The Morgan fingerprint density at radius 3 is 2.62 bits per heavy atom. The van der Waals surface area contributed by atoms with E-state index in [-0.39, 0.29) is 13.0 Å². The molecule has 0 aromatic heterocycles. The van der Waals surface area contributed by atoms with Crippen molar-refractivity contribution in [1.82, 2.24) is 0 Å². The van der Waals surface area contributed by atoms with E-state index in [1.165, 1.54) is 0 Å². The number of hydrogen-bond acceptors (Lipinski definition) is 3. The topological polar surface area (TPSA) is 53.2 Å². The Hall–Kier alpha value is -1.65. The van der Waals surface area contributed by atoms with Crippen LogP contribution in [0.25, 0.3) is 0 Å². The fourth-order valence-corrected chi connectivity index (χ4v) is 2.49. The Kier molecular flexibility index (Phi) is 4.21. The van der Waals surface area contributed by atoms with Gasteiger partial charge in [0.15, 0.2) is 0 Å². The van der Waals surface area contributed by atoms with E-state index < -0.39 is 34.6 Å². The molecule has 7 heteroatoms. The van der Waals surface area contributed by atoms with Crippen LogP contribution in [0.2, 0.25) is 0 Å². The number of ether oxygens (including phenoxy) is 1. The van der Waals surface area contributed by atoms with Crippen molar-refractivity contribution < 1.29 is 27.4 Å². The van der Waals surface area contributed by atoms with Gasteiger partial charge in [-0.15, -0.1) is 0 Å². The minimum absolute atomic E-state index is 0.153. The van der Waals surface area contributed by atoms with Gasteiger partial charge >= 0.3 is 6.18 Å². The molecule has 0 aliphatic carbocycles. The third-order valence-electron chi connectivity index (χ3n) is 3.63. The van der Waals surface area contributed by atoms with E-state index in [0.717, 1.165) is 12.1 Å². The predicted octanol–water partition coefficient (Wildman–Crippen LogP) is 3.20. The molecule has 1 N–H and O–H groups in total. The van der Waals surface area contributed by atoms with Crippen molar-refractivity contribution >= 4 is 0 Å². The maximum absolute atomic E-state index is 13.1. The highest BCUT2D eigenvalue weighted by Crippen LogP contribution is 2.44. The summed E-state index contributed by atoms with van der Waals surface area (Å²) in [6, 6.07) is 3.91. The van der Waals surface area contributed by atoms with Crippen LogP contribution in [0.3, 0.4) is 0 Å². The molecule has 2 unspecified atom stereocenters. The van der Waals surface area contributed by atoms with E-state index in [1.807, 2.05) is 6.07 Å². The van der Waals surface area contributed by atoms with Crippen LogP contribution >= 0.6 is 0 Å². The number of rotatable bonds is 2. The van der Waals surface area contributed by atoms with Crippen LogP contribution in [0.4, 0.5) is 17.6 Å². The molecule has 1 aliphatic rings. The van der Waals surface area contributed by atoms with Gasteiger partial charge in [-0.2, -0.15) is 18.4 Å². The number of aliphatic hydroxyl groups is 1. The minimum Gasteiger partial charge on any atom is -0.387 e. The second kappa shape index (κ2) is 5.62. The summed E-state index contributed by atoms with van der Waals surface area (Å²) in [6.45, 7) is 0.241. The van der Waals surface area contributed by atoms with Gasteiger partial charge in [0.1, 0.15) is 17.3 Å². The van der Waals surface area contributed by atoms with Crippen LogP contribution in [0.1, 0.15) is 30.1 Å². The van der Waals surface area contributed by atoms with Crippen molar-refractivity contribution in [2.75, 3.05) is 13.2 Å². The SMILES string of the molecule is N#CC1(C(O)c2ccc(F)cc2C(F)(F)F)CCCOC1. The maximum atomic E-state index is 13.1. The summed E-state index contributed by atoms with van der Waals surface area (Å²) in [6.07, 6.45) is -5.82. The van der Waals surface area contributed by atoms with Gasteiger partial charge in [0.05, 0.1) is 18.2 Å². The number of halogens is 4. The van der Waals surface area contributed by atoms with Gasteiger partial charge in [-0.05, 0) is 30.5 Å². The Balaban J connectivity index is 2.48. The van der Waals surface area contributed by atoms with Crippen molar-refractivity contribution in [2.45, 2.75) is 25.1 Å². The average molecular weight is 303 g/mol. The third-order valence-corrected chi connectivity index (χ3v) is 3.63. The first kappa shape index (κ1) is 15.7. The lowest BCUT2D eigenvalue weighted by atomic mass is 9.75. The van der Waals surface area contributed by atoms with Crippen LogP contribution in [-0.4, -0.2) is 18.3 Å². The van der Waals surface area contributed by atoms with E-state index in [9.17, 15) is 27.9 Å². The molecule has 0 saturated carbocycles. The molecule has 1 aromatic rings. The van der Waals surface area contributed by atoms with Gasteiger partial charge in [0.25, 0.3) is 0 Å². The maximum Gasteiger partial charge on any atom is 0.416 e. The zero-order chi connectivity index (χ0) is 15.7. The second-order valence-electron chi connectivity index (χ2n) is 5.06. The van der Waals surface area contributed by atoms with Gasteiger partial charge in [-0.3, -0.25) is 0 Å². The first-order chi connectivity index (χ1) is 9.80. The lowest BCUT2D eigenvalue weighted by Crippen LogP contribution is -2.37. The Labute approximate surface area is 118 Å². The molecule has 1 aliphatic heterocycles. The summed E-state index contributed by atoms with van der Waals surface area (Å²) in [7, 11) is 0. The molecule has 0 bridgehead atoms. The summed E-state index contributed by atoms with van der Waals surface area (Å²) in [5, 5.41) is 19.6. The number of alkyl halides is 3. The zero-order valence-electron chi connectivity index (χ0n) is 11.0. The normalized spacial score (nSPS) is 24.4. The molecule has 0 amide bonds. The zero-order valence-corrected chi connectivity index (χ0v) is 11.0. The number of benzene rings is 1. The molecule has 3 nitrogen and oxygen atoms in total. The molecule has 0 spiro atoms. The second-order valence-corrected chi connectivity index (χ2v) is 5.06. The number of hydrogen-bond donors (Lipinski definition) is 1. The molecule has 1 aromatic carbocycles. The van der Waals surface area contributed by atoms with Gasteiger partial charge < -0.3 is 9.84 Å². The Morgan fingerprint density at radius 2 is 2.10 bits per heavy atom.